The Labute approximate surface area is 138 Å². The number of hydrogen-bond acceptors (Lipinski definition) is 3. The highest BCUT2D eigenvalue weighted by Crippen LogP contribution is 2.41. The second-order valence-electron chi connectivity index (χ2n) is 5.56. The van der Waals surface area contributed by atoms with Crippen LogP contribution in [0.2, 0.25) is 10.0 Å². The molecule has 1 aromatic rings. The van der Waals surface area contributed by atoms with Gasteiger partial charge < -0.3 is 5.11 Å². The Morgan fingerprint density at radius 3 is 2.62 bits per heavy atom. The summed E-state index contributed by atoms with van der Waals surface area (Å²) in [6.07, 6.45) is 3.06. The van der Waals surface area contributed by atoms with Gasteiger partial charge in [0.2, 0.25) is 0 Å². The molecule has 3 rings (SSSR count). The quantitative estimate of drug-likeness (QED) is 0.807. The third-order valence-corrected chi connectivity index (χ3v) is 6.29. The molecule has 2 unspecified atom stereocenters. The van der Waals surface area contributed by atoms with Crippen LogP contribution in [0.3, 0.4) is 0 Å². The Morgan fingerprint density at radius 2 is 2.00 bits per heavy atom. The van der Waals surface area contributed by atoms with Crippen molar-refractivity contribution in [3.05, 3.63) is 45.1 Å². The van der Waals surface area contributed by atoms with E-state index < -0.39 is 0 Å². The van der Waals surface area contributed by atoms with E-state index in [1.54, 1.807) is 23.9 Å². The standard InChI is InChI=1S/C16H16Cl2O2S/c17-11-4-3-9(6-12(11)18)10-7-13(19)16(14(20)8-10)15-2-1-5-21-15/h3-4,6,10,15,19H,1-2,5,7-8H2. The summed E-state index contributed by atoms with van der Waals surface area (Å²) in [4.78, 5) is 12.4. The molecule has 1 aliphatic heterocycles. The molecule has 1 fully saturated rings. The van der Waals surface area contributed by atoms with E-state index in [2.05, 4.69) is 0 Å². The predicted octanol–water partition coefficient (Wildman–Crippen LogP) is 5.15. The summed E-state index contributed by atoms with van der Waals surface area (Å²) < 4.78 is 0. The fraction of sp³-hybridized carbons (Fsp3) is 0.438. The van der Waals surface area contributed by atoms with Gasteiger partial charge in [-0.25, -0.2) is 0 Å². The monoisotopic (exact) mass is 342 g/mol. The van der Waals surface area contributed by atoms with E-state index in [1.807, 2.05) is 6.07 Å². The summed E-state index contributed by atoms with van der Waals surface area (Å²) in [5.41, 5.74) is 1.62. The second-order valence-corrected chi connectivity index (χ2v) is 7.69. The molecule has 1 saturated heterocycles. The van der Waals surface area contributed by atoms with E-state index in [9.17, 15) is 9.90 Å². The van der Waals surface area contributed by atoms with Crippen LogP contribution in [-0.2, 0) is 4.79 Å². The molecule has 0 aromatic heterocycles. The molecule has 0 radical (unpaired) electrons. The molecular weight excluding hydrogens is 327 g/mol. The predicted molar refractivity (Wildman–Crippen MR) is 88.6 cm³/mol. The first-order valence-electron chi connectivity index (χ1n) is 7.08. The third kappa shape index (κ3) is 3.10. The van der Waals surface area contributed by atoms with E-state index in [1.165, 1.54) is 0 Å². The van der Waals surface area contributed by atoms with Gasteiger partial charge in [0, 0.05) is 23.7 Å². The van der Waals surface area contributed by atoms with Gasteiger partial charge in [0.15, 0.2) is 5.78 Å². The van der Waals surface area contributed by atoms with Crippen molar-refractivity contribution in [2.24, 2.45) is 0 Å². The van der Waals surface area contributed by atoms with Gasteiger partial charge in [-0.2, -0.15) is 11.8 Å². The van der Waals surface area contributed by atoms with Gasteiger partial charge in [-0.05, 0) is 42.2 Å². The first-order chi connectivity index (χ1) is 10.1. The van der Waals surface area contributed by atoms with Crippen LogP contribution in [-0.4, -0.2) is 21.9 Å². The summed E-state index contributed by atoms with van der Waals surface area (Å²) in [5, 5.41) is 11.5. The van der Waals surface area contributed by atoms with Crippen LogP contribution in [0.4, 0.5) is 0 Å². The number of aliphatic hydroxyl groups is 1. The molecule has 1 heterocycles. The number of thioether (sulfide) groups is 1. The number of rotatable bonds is 2. The summed E-state index contributed by atoms with van der Waals surface area (Å²) >= 11 is 13.7. The zero-order valence-corrected chi connectivity index (χ0v) is 13.8. The first kappa shape index (κ1) is 15.3. The Hall–Kier alpha value is -0.640. The van der Waals surface area contributed by atoms with Crippen molar-refractivity contribution in [3.8, 4) is 0 Å². The Bertz CT molecular complexity index is 606. The number of carbonyl (C=O) groups excluding carboxylic acids is 1. The van der Waals surface area contributed by atoms with Crippen molar-refractivity contribution in [2.45, 2.75) is 36.9 Å². The largest absolute Gasteiger partial charge is 0.512 e. The summed E-state index contributed by atoms with van der Waals surface area (Å²) in [7, 11) is 0. The summed E-state index contributed by atoms with van der Waals surface area (Å²) in [6.45, 7) is 0. The number of hydrogen-bond donors (Lipinski definition) is 1. The average molecular weight is 343 g/mol. The van der Waals surface area contributed by atoms with Crippen LogP contribution < -0.4 is 0 Å². The smallest absolute Gasteiger partial charge is 0.163 e. The molecule has 2 nitrogen and oxygen atoms in total. The average Bonchev–Trinajstić information content (AvgIpc) is 2.95. The molecule has 1 aromatic carbocycles. The van der Waals surface area contributed by atoms with E-state index in [-0.39, 0.29) is 22.7 Å². The zero-order valence-electron chi connectivity index (χ0n) is 11.4. The molecule has 2 atom stereocenters. The number of ketones is 1. The first-order valence-corrected chi connectivity index (χ1v) is 8.88. The van der Waals surface area contributed by atoms with Crippen LogP contribution in [0.15, 0.2) is 29.5 Å². The highest BCUT2D eigenvalue weighted by Gasteiger charge is 2.34. The minimum Gasteiger partial charge on any atom is -0.512 e. The van der Waals surface area contributed by atoms with Gasteiger partial charge in [-0.15, -0.1) is 0 Å². The normalized spacial score (nSPS) is 26.5. The van der Waals surface area contributed by atoms with E-state index in [4.69, 9.17) is 23.2 Å². The van der Waals surface area contributed by atoms with Gasteiger partial charge in [-0.1, -0.05) is 29.3 Å². The van der Waals surface area contributed by atoms with Gasteiger partial charge in [-0.3, -0.25) is 4.79 Å². The highest BCUT2D eigenvalue weighted by molar-refractivity contribution is 8.00. The minimum absolute atomic E-state index is 0.0116. The van der Waals surface area contributed by atoms with Crippen molar-refractivity contribution in [1.29, 1.82) is 0 Å². The van der Waals surface area contributed by atoms with Gasteiger partial charge >= 0.3 is 0 Å². The maximum Gasteiger partial charge on any atom is 0.163 e. The molecule has 0 spiro atoms. The number of halogens is 2. The van der Waals surface area contributed by atoms with Crippen molar-refractivity contribution in [2.75, 3.05) is 5.75 Å². The number of carbonyl (C=O) groups is 1. The molecule has 0 bridgehead atoms. The van der Waals surface area contributed by atoms with Crippen LogP contribution in [0.1, 0.15) is 37.2 Å². The van der Waals surface area contributed by atoms with Gasteiger partial charge in [0.25, 0.3) is 0 Å². The van der Waals surface area contributed by atoms with E-state index in [0.29, 0.717) is 28.5 Å². The maximum atomic E-state index is 12.4. The van der Waals surface area contributed by atoms with E-state index in [0.717, 1.165) is 24.2 Å². The minimum atomic E-state index is -0.0116. The Morgan fingerprint density at radius 1 is 1.19 bits per heavy atom. The van der Waals surface area contributed by atoms with Crippen LogP contribution in [0.5, 0.6) is 0 Å². The molecule has 0 saturated carbocycles. The molecule has 21 heavy (non-hydrogen) atoms. The fourth-order valence-corrected chi connectivity index (χ4v) is 4.77. The number of benzene rings is 1. The molecule has 112 valence electrons. The third-order valence-electron chi connectivity index (χ3n) is 4.15. The maximum absolute atomic E-state index is 12.4. The Balaban J connectivity index is 1.85. The van der Waals surface area contributed by atoms with Crippen LogP contribution in [0.25, 0.3) is 0 Å². The van der Waals surface area contributed by atoms with Crippen LogP contribution in [0, 0.1) is 0 Å². The fourth-order valence-electron chi connectivity index (χ4n) is 3.08. The second kappa shape index (κ2) is 6.23. The SMILES string of the molecule is O=C1CC(c2ccc(Cl)c(Cl)c2)CC(O)=C1C1CCCS1. The lowest BCUT2D eigenvalue weighted by atomic mass is 9.81. The number of aliphatic hydroxyl groups excluding tert-OH is 1. The topological polar surface area (TPSA) is 37.3 Å². The lowest BCUT2D eigenvalue weighted by Gasteiger charge is -2.26. The molecule has 5 heteroatoms. The van der Waals surface area contributed by atoms with Crippen molar-refractivity contribution < 1.29 is 9.90 Å². The van der Waals surface area contributed by atoms with Gasteiger partial charge in [0.05, 0.1) is 10.0 Å². The summed E-state index contributed by atoms with van der Waals surface area (Å²) in [6, 6.07) is 5.42. The van der Waals surface area contributed by atoms with Gasteiger partial charge in [0.1, 0.15) is 5.76 Å². The Kier molecular flexibility index (Phi) is 4.53. The van der Waals surface area contributed by atoms with Crippen LogP contribution >= 0.6 is 35.0 Å². The number of allylic oxidation sites excluding steroid dienone is 1. The number of Topliss-reactive ketones (excluding diaryl/α,β-unsaturated/α-hetero) is 1. The van der Waals surface area contributed by atoms with Crippen molar-refractivity contribution in [1.82, 2.24) is 0 Å². The molecular formula is C16H16Cl2O2S. The summed E-state index contributed by atoms with van der Waals surface area (Å²) in [5.74, 6) is 1.41. The lowest BCUT2D eigenvalue weighted by molar-refractivity contribution is -0.116. The zero-order chi connectivity index (χ0) is 15.0. The van der Waals surface area contributed by atoms with E-state index >= 15 is 0 Å². The van der Waals surface area contributed by atoms with Crippen molar-refractivity contribution >= 4 is 40.7 Å². The highest BCUT2D eigenvalue weighted by atomic mass is 35.5. The molecule has 2 aliphatic rings. The molecule has 0 amide bonds. The van der Waals surface area contributed by atoms with Crippen molar-refractivity contribution in [3.63, 3.8) is 0 Å². The lowest BCUT2D eigenvalue weighted by Crippen LogP contribution is -2.23. The molecule has 1 aliphatic carbocycles. The molecule has 1 N–H and O–H groups in total.